The molecule has 0 saturated heterocycles. The van der Waals surface area contributed by atoms with Gasteiger partial charge in [-0.05, 0) is 0 Å². The second kappa shape index (κ2) is 16.8. The first-order valence-electron chi connectivity index (χ1n) is 3.83. The molecule has 16 heteroatoms. The summed E-state index contributed by atoms with van der Waals surface area (Å²) >= 11 is 0. The number of carbonyl (C=O) groups is 3. The van der Waals surface area contributed by atoms with Gasteiger partial charge in [0.15, 0.2) is 0 Å². The maximum absolute atomic E-state index is 10.7. The van der Waals surface area contributed by atoms with Gasteiger partial charge in [0.1, 0.15) is 0 Å². The smallest absolute Gasteiger partial charge is 1.00 e. The third kappa shape index (κ3) is 17.2. The molecule has 0 unspecified atom stereocenters. The molecule has 0 aliphatic heterocycles. The van der Waals surface area contributed by atoms with Gasteiger partial charge in [-0.2, -0.15) is 8.42 Å². The van der Waals surface area contributed by atoms with E-state index in [9.17, 15) is 22.8 Å². The Morgan fingerprint density at radius 2 is 1.23 bits per heavy atom. The summed E-state index contributed by atoms with van der Waals surface area (Å²) in [7, 11) is -5.33. The Kier molecular flexibility index (Phi) is 30.1. The Morgan fingerprint density at radius 1 is 0.955 bits per heavy atom. The van der Waals surface area contributed by atoms with E-state index in [1.165, 1.54) is 0 Å². The summed E-state index contributed by atoms with van der Waals surface area (Å²) in [4.78, 5) is 31.5. The zero-order chi connectivity index (χ0) is 13.9. The van der Waals surface area contributed by atoms with E-state index in [1.54, 1.807) is 0 Å². The predicted molar refractivity (Wildman–Crippen MR) is 66.1 cm³/mol. The number of hydrogen-bond acceptors (Lipinski definition) is 6. The van der Waals surface area contributed by atoms with Crippen LogP contribution >= 0.6 is 12.4 Å². The van der Waals surface area contributed by atoms with E-state index >= 15 is 0 Å². The maximum atomic E-state index is 10.7. The molecule has 0 fully saturated rings. The number of rotatable bonds is 7. The minimum Gasteiger partial charge on any atom is -1.00 e. The van der Waals surface area contributed by atoms with Crippen molar-refractivity contribution in [1.82, 2.24) is 0 Å². The molecule has 0 bridgehead atoms. The monoisotopic (exact) mass is 406 g/mol. The summed E-state index contributed by atoms with van der Waals surface area (Å²) in [5.41, 5.74) is -3.09. The van der Waals surface area contributed by atoms with E-state index in [4.69, 9.17) is 19.9 Å². The van der Waals surface area contributed by atoms with Crippen LogP contribution in [-0.2, 0) is 29.0 Å². The second-order valence-electron chi connectivity index (χ2n) is 2.95. The van der Waals surface area contributed by atoms with Crippen LogP contribution in [0.15, 0.2) is 0 Å². The van der Waals surface area contributed by atoms with Gasteiger partial charge in [-0.15, -0.1) is 12.4 Å². The van der Waals surface area contributed by atoms with Crippen molar-refractivity contribution in [2.75, 3.05) is 0 Å². The third-order valence-corrected chi connectivity index (χ3v) is 2.06. The standard InChI is InChI=1S/C6H8O10S.ClH.Mg.3Na.5H/c7-3(8)1-6(5(11)12,2-4(9)10)16-17(13,14)15;;;;;;;;;;/h1-2H2,(H,7,8)(H,9,10)(H,11,12)(H,13,14,15);1H;;;;;;;;;/q;;+2;3*+1;5*-1. The summed E-state index contributed by atoms with van der Waals surface area (Å²) < 4.78 is 32.8. The zero-order valence-electron chi connectivity index (χ0n) is 17.2. The molecule has 10 nitrogen and oxygen atoms in total. The van der Waals surface area contributed by atoms with Gasteiger partial charge >= 0.3 is 140 Å². The fraction of sp³-hybridized carbons (Fsp3) is 0.500. The first-order valence-corrected chi connectivity index (χ1v) is 5.20. The number of aliphatic carboxylic acids is 3. The van der Waals surface area contributed by atoms with E-state index in [-0.39, 0.29) is 131 Å². The summed E-state index contributed by atoms with van der Waals surface area (Å²) in [5.74, 6) is -5.76. The molecule has 0 aromatic rings. The maximum Gasteiger partial charge on any atom is 2.00 e. The van der Waals surface area contributed by atoms with Gasteiger partial charge in [0.2, 0.25) is 5.60 Å². The topological polar surface area (TPSA) is 175 Å². The Labute approximate surface area is 221 Å². The van der Waals surface area contributed by atoms with Gasteiger partial charge in [0.25, 0.3) is 0 Å². The molecule has 0 aliphatic rings. The Hall–Kier alpha value is 2.34. The van der Waals surface area contributed by atoms with Crippen LogP contribution in [0.2, 0.25) is 0 Å². The number of halogens is 1. The molecule has 116 valence electrons. The average molecular weight is 407 g/mol. The quantitative estimate of drug-likeness (QED) is 0.234. The van der Waals surface area contributed by atoms with Crippen LogP contribution < -0.4 is 88.7 Å². The van der Waals surface area contributed by atoms with Crippen molar-refractivity contribution in [3.63, 3.8) is 0 Å². The van der Waals surface area contributed by atoms with E-state index in [0.717, 1.165) is 0 Å². The summed E-state index contributed by atoms with van der Waals surface area (Å²) in [5, 5.41) is 25.4. The molecule has 0 aliphatic carbocycles. The molecule has 0 amide bonds. The third-order valence-electron chi connectivity index (χ3n) is 1.53. The van der Waals surface area contributed by atoms with E-state index < -0.39 is 46.7 Å². The summed E-state index contributed by atoms with van der Waals surface area (Å²) in [6.07, 6.45) is -2.90. The normalized spacial score (nSPS) is 9.32. The number of hydrogen-bond donors (Lipinski definition) is 4. The molecule has 0 aromatic heterocycles. The molecule has 0 heterocycles. The molecule has 4 N–H and O–H groups in total. The van der Waals surface area contributed by atoms with E-state index in [2.05, 4.69) is 4.18 Å². The molecule has 0 rings (SSSR count). The molecule has 22 heavy (non-hydrogen) atoms. The van der Waals surface area contributed by atoms with Crippen molar-refractivity contribution in [2.24, 2.45) is 0 Å². The Balaban J connectivity index is -0.0000000284. The molecular formula is C6H14ClMgNa3O10S. The Morgan fingerprint density at radius 3 is 1.36 bits per heavy atom. The van der Waals surface area contributed by atoms with Gasteiger partial charge in [0.05, 0.1) is 12.8 Å². The summed E-state index contributed by atoms with van der Waals surface area (Å²) in [6, 6.07) is 0. The second-order valence-corrected chi connectivity index (χ2v) is 3.97. The van der Waals surface area contributed by atoms with Crippen LogP contribution in [0.4, 0.5) is 0 Å². The van der Waals surface area contributed by atoms with Crippen LogP contribution in [0.3, 0.4) is 0 Å². The van der Waals surface area contributed by atoms with Crippen LogP contribution in [0.1, 0.15) is 20.0 Å². The van der Waals surface area contributed by atoms with Crippen molar-refractivity contribution in [2.45, 2.75) is 18.4 Å². The van der Waals surface area contributed by atoms with Gasteiger partial charge in [-0.1, -0.05) is 0 Å². The fourth-order valence-electron chi connectivity index (χ4n) is 0.998. The molecule has 0 aromatic carbocycles. The van der Waals surface area contributed by atoms with Crippen molar-refractivity contribution in [3.8, 4) is 0 Å². The van der Waals surface area contributed by atoms with Crippen LogP contribution in [-0.4, -0.2) is 74.9 Å². The largest absolute Gasteiger partial charge is 2.00 e. The minimum atomic E-state index is -5.33. The SMILES string of the molecule is Cl.O=C(O)CC(CC(=O)O)(OS(=O)(=O)O)C(=O)O.[H-].[H-].[H-].[H-].[H-].[Mg+2].[Na+].[Na+].[Na+]. The zero-order valence-corrected chi connectivity index (χ0v) is 21.2. The predicted octanol–water partition coefficient (Wildman–Crippen LogP) is -9.81. The van der Waals surface area contributed by atoms with Gasteiger partial charge in [-0.3, -0.25) is 14.1 Å². The molecule has 0 spiro atoms. The van der Waals surface area contributed by atoms with Crippen molar-refractivity contribution in [3.05, 3.63) is 0 Å². The number of carboxylic acid groups (broad SMARTS) is 3. The van der Waals surface area contributed by atoms with Gasteiger partial charge in [0, 0.05) is 0 Å². The van der Waals surface area contributed by atoms with E-state index in [0.29, 0.717) is 0 Å². The molecule has 0 saturated carbocycles. The van der Waals surface area contributed by atoms with Crippen molar-refractivity contribution >= 4 is 63.8 Å². The van der Waals surface area contributed by atoms with Crippen LogP contribution in [0, 0.1) is 0 Å². The minimum absolute atomic E-state index is 0. The fourth-order valence-corrected chi connectivity index (χ4v) is 1.59. The molecular weight excluding hydrogens is 393 g/mol. The first kappa shape index (κ1) is 39.4. The Bertz CT molecular complexity index is 460. The van der Waals surface area contributed by atoms with Crippen LogP contribution in [0.25, 0.3) is 0 Å². The summed E-state index contributed by atoms with van der Waals surface area (Å²) in [6.45, 7) is 0. The van der Waals surface area contributed by atoms with E-state index in [1.807, 2.05) is 0 Å². The van der Waals surface area contributed by atoms with Crippen molar-refractivity contribution in [1.29, 1.82) is 0 Å². The van der Waals surface area contributed by atoms with Gasteiger partial charge in [-0.25, -0.2) is 8.98 Å². The molecule has 0 radical (unpaired) electrons. The van der Waals surface area contributed by atoms with Crippen molar-refractivity contribution < 1.29 is 143 Å². The molecule has 0 atom stereocenters. The first-order chi connectivity index (χ1) is 7.48. The average Bonchev–Trinajstić information content (AvgIpc) is 1.96. The number of carboxylic acids is 3. The van der Waals surface area contributed by atoms with Gasteiger partial charge < -0.3 is 22.5 Å². The van der Waals surface area contributed by atoms with Crippen LogP contribution in [0.5, 0.6) is 0 Å².